The Hall–Kier alpha value is -2.44. The predicted octanol–water partition coefficient (Wildman–Crippen LogP) is 2.58. The molecule has 1 fully saturated rings. The third-order valence-electron chi connectivity index (χ3n) is 4.21. The minimum absolute atomic E-state index is 0.0648. The summed E-state index contributed by atoms with van der Waals surface area (Å²) in [5, 5.41) is 11.1. The Bertz CT molecular complexity index is 596. The van der Waals surface area contributed by atoms with E-state index < -0.39 is 10.6 Å². The third kappa shape index (κ3) is 4.06. The molecule has 0 N–H and O–H groups in total. The molecule has 0 radical (unpaired) electrons. The smallest absolute Gasteiger partial charge is 0.321 e. The molecule has 124 valence electrons. The van der Waals surface area contributed by atoms with Crippen LogP contribution in [0.3, 0.4) is 0 Å². The minimum atomic E-state index is -0.672. The van der Waals surface area contributed by atoms with Crippen LogP contribution in [-0.2, 0) is 4.79 Å². The monoisotopic (exact) mass is 320 g/mol. The van der Waals surface area contributed by atoms with Crippen LogP contribution in [-0.4, -0.2) is 41.7 Å². The summed E-state index contributed by atoms with van der Waals surface area (Å²) in [6.07, 6.45) is 5.76. The summed E-state index contributed by atoms with van der Waals surface area (Å²) in [5.74, 6) is -0.285. The van der Waals surface area contributed by atoms with Crippen molar-refractivity contribution in [3.63, 3.8) is 0 Å². The molecule has 1 amide bonds. The van der Waals surface area contributed by atoms with Crippen molar-refractivity contribution >= 4 is 17.9 Å². The predicted molar refractivity (Wildman–Crippen MR) is 83.6 cm³/mol. The second-order valence-electron chi connectivity index (χ2n) is 5.65. The summed E-state index contributed by atoms with van der Waals surface area (Å²) in [4.78, 5) is 35.2. The highest BCUT2D eigenvalue weighted by atomic mass is 16.6. The maximum atomic E-state index is 12.2. The van der Waals surface area contributed by atoms with E-state index in [1.165, 1.54) is 24.6 Å². The molecule has 0 spiro atoms. The molecule has 1 aromatic rings. The highest BCUT2D eigenvalue weighted by molar-refractivity contribution is 5.84. The van der Waals surface area contributed by atoms with Crippen molar-refractivity contribution < 1.29 is 19.2 Å². The number of carbonyl (C=O) groups excluding carboxylic acids is 2. The van der Waals surface area contributed by atoms with Crippen LogP contribution in [0.4, 0.5) is 5.69 Å². The third-order valence-corrected chi connectivity index (χ3v) is 4.21. The van der Waals surface area contributed by atoms with Crippen molar-refractivity contribution in [3.05, 3.63) is 33.9 Å². The van der Waals surface area contributed by atoms with Gasteiger partial charge in [-0.1, -0.05) is 25.3 Å². The van der Waals surface area contributed by atoms with Crippen molar-refractivity contribution in [2.45, 2.75) is 38.1 Å². The summed E-state index contributed by atoms with van der Waals surface area (Å²) in [6, 6.07) is 4.42. The van der Waals surface area contributed by atoms with Crippen molar-refractivity contribution in [2.24, 2.45) is 0 Å². The molecule has 7 heteroatoms. The number of amides is 1. The Kier molecular flexibility index (Phi) is 5.67. The first-order valence-corrected chi connectivity index (χ1v) is 7.65. The molecular formula is C16H20N2O5. The molecule has 1 aromatic carbocycles. The summed E-state index contributed by atoms with van der Waals surface area (Å²) in [7, 11) is 1.73. The highest BCUT2D eigenvalue weighted by Crippen LogP contribution is 2.30. The topological polar surface area (TPSA) is 89.8 Å². The van der Waals surface area contributed by atoms with Gasteiger partial charge in [-0.05, 0) is 25.0 Å². The van der Waals surface area contributed by atoms with E-state index in [0.29, 0.717) is 6.29 Å². The Morgan fingerprint density at radius 1 is 1.39 bits per heavy atom. The number of benzene rings is 1. The van der Waals surface area contributed by atoms with Gasteiger partial charge in [0.05, 0.1) is 10.5 Å². The molecule has 2 rings (SSSR count). The Balaban J connectivity index is 2.04. The molecule has 7 nitrogen and oxygen atoms in total. The van der Waals surface area contributed by atoms with Gasteiger partial charge in [-0.3, -0.25) is 19.7 Å². The van der Waals surface area contributed by atoms with Crippen LogP contribution in [0.2, 0.25) is 0 Å². The standard InChI is InChI=1S/C16H20N2O5/c1-17(13-7-3-2-4-8-13)15(20)11-23-14-9-5-6-12(10-19)16(14)18(21)22/h5-6,9-10,13H,2-4,7-8,11H2,1H3. The highest BCUT2D eigenvalue weighted by Gasteiger charge is 2.24. The minimum Gasteiger partial charge on any atom is -0.477 e. The van der Waals surface area contributed by atoms with E-state index in [0.717, 1.165) is 25.7 Å². The molecule has 0 heterocycles. The first kappa shape index (κ1) is 16.9. The van der Waals surface area contributed by atoms with Crippen molar-refractivity contribution in [3.8, 4) is 5.75 Å². The first-order chi connectivity index (χ1) is 11.0. The second kappa shape index (κ2) is 7.71. The van der Waals surface area contributed by atoms with Gasteiger partial charge in [0, 0.05) is 13.1 Å². The van der Waals surface area contributed by atoms with E-state index in [9.17, 15) is 19.7 Å². The first-order valence-electron chi connectivity index (χ1n) is 7.65. The fourth-order valence-electron chi connectivity index (χ4n) is 2.86. The fraction of sp³-hybridized carbons (Fsp3) is 0.500. The average molecular weight is 320 g/mol. The number of aldehydes is 1. The van der Waals surface area contributed by atoms with Crippen molar-refractivity contribution in [1.82, 2.24) is 4.90 Å². The largest absolute Gasteiger partial charge is 0.477 e. The Morgan fingerprint density at radius 3 is 2.70 bits per heavy atom. The molecule has 0 atom stereocenters. The number of likely N-dealkylation sites (N-methyl/N-ethyl adjacent to an activating group) is 1. The zero-order valence-corrected chi connectivity index (χ0v) is 13.1. The summed E-state index contributed by atoms with van der Waals surface area (Å²) in [6.45, 7) is -0.282. The van der Waals surface area contributed by atoms with Crippen LogP contribution in [0.25, 0.3) is 0 Å². The van der Waals surface area contributed by atoms with E-state index in [1.807, 2.05) is 0 Å². The molecule has 1 aliphatic carbocycles. The zero-order chi connectivity index (χ0) is 16.8. The molecule has 0 aliphatic heterocycles. The van der Waals surface area contributed by atoms with E-state index in [4.69, 9.17) is 4.74 Å². The number of para-hydroxylation sites is 1. The molecule has 1 aliphatic rings. The van der Waals surface area contributed by atoms with Gasteiger partial charge in [0.2, 0.25) is 0 Å². The van der Waals surface area contributed by atoms with Crippen molar-refractivity contribution in [1.29, 1.82) is 0 Å². The van der Waals surface area contributed by atoms with Gasteiger partial charge in [-0.15, -0.1) is 0 Å². The van der Waals surface area contributed by atoms with Crippen LogP contribution >= 0.6 is 0 Å². The van der Waals surface area contributed by atoms with Crippen LogP contribution in [0.1, 0.15) is 42.5 Å². The fourth-order valence-corrected chi connectivity index (χ4v) is 2.86. The SMILES string of the molecule is CN(C(=O)COc1cccc(C=O)c1[N+](=O)[O-])C1CCCCC1. The zero-order valence-electron chi connectivity index (χ0n) is 13.1. The quantitative estimate of drug-likeness (QED) is 0.456. The molecule has 0 unspecified atom stereocenters. The number of rotatable bonds is 6. The number of nitro groups is 1. The number of hydrogen-bond donors (Lipinski definition) is 0. The number of ether oxygens (including phenoxy) is 1. The summed E-state index contributed by atoms with van der Waals surface area (Å²) < 4.78 is 5.32. The van der Waals surface area contributed by atoms with Gasteiger partial charge in [-0.2, -0.15) is 0 Å². The van der Waals surface area contributed by atoms with E-state index in [1.54, 1.807) is 11.9 Å². The van der Waals surface area contributed by atoms with E-state index in [2.05, 4.69) is 0 Å². The number of nitrogens with zero attached hydrogens (tertiary/aromatic N) is 2. The molecule has 23 heavy (non-hydrogen) atoms. The van der Waals surface area contributed by atoms with Crippen LogP contribution in [0.15, 0.2) is 18.2 Å². The van der Waals surface area contributed by atoms with Gasteiger partial charge >= 0.3 is 5.69 Å². The van der Waals surface area contributed by atoms with Gasteiger partial charge in [-0.25, -0.2) is 0 Å². The lowest BCUT2D eigenvalue weighted by Crippen LogP contribution is -2.40. The molecular weight excluding hydrogens is 300 g/mol. The molecule has 1 saturated carbocycles. The Labute approximate surface area is 134 Å². The normalized spacial score (nSPS) is 15.0. The van der Waals surface area contributed by atoms with Crippen LogP contribution in [0, 0.1) is 10.1 Å². The van der Waals surface area contributed by atoms with Gasteiger partial charge < -0.3 is 9.64 Å². The maximum Gasteiger partial charge on any atom is 0.321 e. The molecule has 0 saturated heterocycles. The van der Waals surface area contributed by atoms with Crippen LogP contribution < -0.4 is 4.74 Å². The Morgan fingerprint density at radius 2 is 2.09 bits per heavy atom. The van der Waals surface area contributed by atoms with Crippen molar-refractivity contribution in [2.75, 3.05) is 13.7 Å². The number of nitro benzene ring substituents is 1. The van der Waals surface area contributed by atoms with Crippen LogP contribution in [0.5, 0.6) is 5.75 Å². The molecule has 0 aromatic heterocycles. The lowest BCUT2D eigenvalue weighted by atomic mass is 9.94. The van der Waals surface area contributed by atoms with Gasteiger partial charge in [0.1, 0.15) is 0 Å². The summed E-state index contributed by atoms with van der Waals surface area (Å²) in [5.41, 5.74) is -0.476. The lowest BCUT2D eigenvalue weighted by Gasteiger charge is -2.31. The lowest BCUT2D eigenvalue weighted by molar-refractivity contribution is -0.386. The van der Waals surface area contributed by atoms with E-state index in [-0.39, 0.29) is 29.9 Å². The molecule has 0 bridgehead atoms. The number of carbonyl (C=O) groups is 2. The van der Waals surface area contributed by atoms with E-state index >= 15 is 0 Å². The second-order valence-corrected chi connectivity index (χ2v) is 5.65. The van der Waals surface area contributed by atoms with Gasteiger partial charge in [0.25, 0.3) is 5.91 Å². The van der Waals surface area contributed by atoms with Gasteiger partial charge in [0.15, 0.2) is 18.6 Å². The number of hydrogen-bond acceptors (Lipinski definition) is 5. The average Bonchev–Trinajstić information content (AvgIpc) is 2.59. The summed E-state index contributed by atoms with van der Waals surface area (Å²) >= 11 is 0. The maximum absolute atomic E-state index is 12.2.